The Labute approximate surface area is 206 Å². The average molecular weight is 492 g/mol. The fourth-order valence-electron chi connectivity index (χ4n) is 3.21. The van der Waals surface area contributed by atoms with E-state index in [9.17, 15) is 4.79 Å². The largest absolute Gasteiger partial charge is 0.325 e. The number of aromatic nitrogens is 4. The third-order valence-corrected chi connectivity index (χ3v) is 6.53. The number of hydrogen-bond acceptors (Lipinski definition) is 7. The van der Waals surface area contributed by atoms with Gasteiger partial charge < -0.3 is 16.0 Å². The second-order valence-electron chi connectivity index (χ2n) is 7.62. The molecule has 0 radical (unpaired) electrons. The minimum atomic E-state index is -0.287. The lowest BCUT2D eigenvalue weighted by atomic mass is 10.2. The molecule has 10 heteroatoms. The Morgan fingerprint density at radius 2 is 1.71 bits per heavy atom. The SMILES string of the molecule is CSc1cccc(NC(=O)Nc2ccc(Sc3nc(C)cc(Nc4cc(C)n[nH]4)n3)c(C)c2)c1. The zero-order valence-corrected chi connectivity index (χ0v) is 20.9. The van der Waals surface area contributed by atoms with Crippen molar-refractivity contribution in [2.45, 2.75) is 35.7 Å². The summed E-state index contributed by atoms with van der Waals surface area (Å²) in [4.78, 5) is 23.7. The summed E-state index contributed by atoms with van der Waals surface area (Å²) < 4.78 is 0. The molecule has 34 heavy (non-hydrogen) atoms. The number of aryl methyl sites for hydroxylation is 3. The van der Waals surface area contributed by atoms with Gasteiger partial charge in [0, 0.05) is 39.0 Å². The molecule has 2 aromatic heterocycles. The Kier molecular flexibility index (Phi) is 7.39. The predicted octanol–water partition coefficient (Wildman–Crippen LogP) is 6.39. The van der Waals surface area contributed by atoms with Crippen molar-refractivity contribution >= 4 is 52.6 Å². The molecule has 2 amide bonds. The first-order chi connectivity index (χ1) is 16.4. The highest BCUT2D eigenvalue weighted by molar-refractivity contribution is 7.99. The fraction of sp³-hybridized carbons (Fsp3) is 0.167. The highest BCUT2D eigenvalue weighted by Gasteiger charge is 2.10. The normalized spacial score (nSPS) is 10.7. The molecule has 0 unspecified atom stereocenters. The molecular weight excluding hydrogens is 466 g/mol. The number of anilines is 4. The van der Waals surface area contributed by atoms with Crippen LogP contribution >= 0.6 is 23.5 Å². The van der Waals surface area contributed by atoms with Crippen LogP contribution in [0.5, 0.6) is 0 Å². The number of nitrogens with one attached hydrogen (secondary N) is 4. The molecule has 2 aromatic carbocycles. The van der Waals surface area contributed by atoms with Gasteiger partial charge in [0.15, 0.2) is 5.16 Å². The van der Waals surface area contributed by atoms with Gasteiger partial charge in [-0.05, 0) is 80.8 Å². The number of benzene rings is 2. The summed E-state index contributed by atoms with van der Waals surface area (Å²) in [6.45, 7) is 5.85. The summed E-state index contributed by atoms with van der Waals surface area (Å²) in [6.07, 6.45) is 2.00. The van der Waals surface area contributed by atoms with Crippen molar-refractivity contribution < 1.29 is 4.79 Å². The maximum absolute atomic E-state index is 12.4. The van der Waals surface area contributed by atoms with Crippen LogP contribution in [0.4, 0.5) is 27.8 Å². The van der Waals surface area contributed by atoms with Crippen molar-refractivity contribution in [2.75, 3.05) is 22.2 Å². The molecule has 4 aromatic rings. The van der Waals surface area contributed by atoms with Crippen LogP contribution in [0.3, 0.4) is 0 Å². The molecular formula is C24H25N7OS2. The standard InChI is InChI=1S/C24H25N7OS2/c1-14-10-18(27-23(32)26-17-6-5-7-19(13-17)33-4)8-9-20(14)34-24-25-15(2)11-21(29-24)28-22-12-16(3)30-31-22/h5-13H,1-4H3,(H2,26,27,32)(H2,25,28,29,30,31). The number of rotatable bonds is 7. The number of thioether (sulfide) groups is 1. The molecule has 0 aliphatic rings. The second-order valence-corrected chi connectivity index (χ2v) is 9.51. The number of carbonyl (C=O) groups excluding carboxylic acids is 1. The van der Waals surface area contributed by atoms with Gasteiger partial charge in [-0.3, -0.25) is 5.10 Å². The molecule has 0 aliphatic carbocycles. The lowest BCUT2D eigenvalue weighted by molar-refractivity contribution is 0.262. The molecule has 4 rings (SSSR count). The fourth-order valence-corrected chi connectivity index (χ4v) is 4.55. The van der Waals surface area contributed by atoms with Gasteiger partial charge in [-0.1, -0.05) is 6.07 Å². The van der Waals surface area contributed by atoms with E-state index in [4.69, 9.17) is 0 Å². The summed E-state index contributed by atoms with van der Waals surface area (Å²) >= 11 is 3.10. The second kappa shape index (κ2) is 10.6. The van der Waals surface area contributed by atoms with Crippen molar-refractivity contribution in [1.29, 1.82) is 0 Å². The van der Waals surface area contributed by atoms with Gasteiger partial charge in [-0.15, -0.1) is 11.8 Å². The highest BCUT2D eigenvalue weighted by Crippen LogP contribution is 2.31. The van der Waals surface area contributed by atoms with Gasteiger partial charge in [0.25, 0.3) is 0 Å². The Hall–Kier alpha value is -3.50. The van der Waals surface area contributed by atoms with E-state index in [1.54, 1.807) is 11.8 Å². The number of carbonyl (C=O) groups is 1. The summed E-state index contributed by atoms with van der Waals surface area (Å²) in [6, 6.07) is 17.0. The van der Waals surface area contributed by atoms with Gasteiger partial charge >= 0.3 is 6.03 Å². The van der Waals surface area contributed by atoms with E-state index in [-0.39, 0.29) is 6.03 Å². The van der Waals surface area contributed by atoms with Gasteiger partial charge in [0.1, 0.15) is 11.6 Å². The lowest BCUT2D eigenvalue weighted by Crippen LogP contribution is -2.19. The number of nitrogens with zero attached hydrogens (tertiary/aromatic N) is 3. The van der Waals surface area contributed by atoms with Crippen LogP contribution in [-0.2, 0) is 0 Å². The van der Waals surface area contributed by atoms with E-state index in [0.717, 1.165) is 38.2 Å². The Morgan fingerprint density at radius 1 is 0.912 bits per heavy atom. The molecule has 0 saturated carbocycles. The lowest BCUT2D eigenvalue weighted by Gasteiger charge is -2.11. The van der Waals surface area contributed by atoms with Crippen molar-refractivity contribution in [3.05, 3.63) is 71.5 Å². The van der Waals surface area contributed by atoms with Crippen LogP contribution in [0.2, 0.25) is 0 Å². The average Bonchev–Trinajstić information content (AvgIpc) is 3.19. The van der Waals surface area contributed by atoms with Crippen LogP contribution in [-0.4, -0.2) is 32.5 Å². The molecule has 0 atom stereocenters. The van der Waals surface area contributed by atoms with E-state index < -0.39 is 0 Å². The van der Waals surface area contributed by atoms with Crippen LogP contribution in [0, 0.1) is 20.8 Å². The van der Waals surface area contributed by atoms with E-state index in [0.29, 0.717) is 16.7 Å². The molecule has 0 fully saturated rings. The zero-order valence-electron chi connectivity index (χ0n) is 19.3. The first-order valence-electron chi connectivity index (χ1n) is 10.5. The van der Waals surface area contributed by atoms with Crippen LogP contribution in [0.25, 0.3) is 0 Å². The molecule has 0 bridgehead atoms. The van der Waals surface area contributed by atoms with Crippen molar-refractivity contribution in [2.24, 2.45) is 0 Å². The quantitative estimate of drug-likeness (QED) is 0.175. The Bertz CT molecular complexity index is 1320. The highest BCUT2D eigenvalue weighted by atomic mass is 32.2. The smallest absolute Gasteiger partial charge is 0.323 e. The first kappa shape index (κ1) is 23.7. The van der Waals surface area contributed by atoms with E-state index >= 15 is 0 Å². The van der Waals surface area contributed by atoms with E-state index in [2.05, 4.69) is 36.1 Å². The monoisotopic (exact) mass is 491 g/mol. The number of aromatic amines is 1. The minimum absolute atomic E-state index is 0.287. The summed E-state index contributed by atoms with van der Waals surface area (Å²) in [7, 11) is 0. The van der Waals surface area contributed by atoms with Gasteiger partial charge in [0.2, 0.25) is 0 Å². The van der Waals surface area contributed by atoms with Crippen molar-refractivity contribution in [3.63, 3.8) is 0 Å². The number of amides is 2. The summed E-state index contributed by atoms with van der Waals surface area (Å²) in [5.74, 6) is 1.47. The van der Waals surface area contributed by atoms with Gasteiger partial charge in [-0.25, -0.2) is 14.8 Å². The summed E-state index contributed by atoms with van der Waals surface area (Å²) in [5, 5.41) is 16.7. The Morgan fingerprint density at radius 3 is 2.41 bits per heavy atom. The van der Waals surface area contributed by atoms with Crippen LogP contribution < -0.4 is 16.0 Å². The molecule has 0 spiro atoms. The number of hydrogen-bond donors (Lipinski definition) is 4. The van der Waals surface area contributed by atoms with Crippen LogP contribution in [0.15, 0.2) is 69.5 Å². The maximum Gasteiger partial charge on any atom is 0.323 e. The zero-order chi connectivity index (χ0) is 24.1. The van der Waals surface area contributed by atoms with Crippen molar-refractivity contribution in [1.82, 2.24) is 20.2 Å². The molecule has 174 valence electrons. The molecule has 4 N–H and O–H groups in total. The number of H-pyrrole nitrogens is 1. The molecule has 0 aliphatic heterocycles. The molecule has 2 heterocycles. The number of urea groups is 1. The van der Waals surface area contributed by atoms with E-state index in [1.165, 1.54) is 11.8 Å². The third-order valence-electron chi connectivity index (χ3n) is 4.76. The summed E-state index contributed by atoms with van der Waals surface area (Å²) in [5.41, 5.74) is 4.22. The first-order valence-corrected chi connectivity index (χ1v) is 12.6. The molecule has 0 saturated heterocycles. The van der Waals surface area contributed by atoms with Crippen LogP contribution in [0.1, 0.15) is 17.0 Å². The van der Waals surface area contributed by atoms with Gasteiger partial charge in [0.05, 0.1) is 5.69 Å². The van der Waals surface area contributed by atoms with Crippen molar-refractivity contribution in [3.8, 4) is 0 Å². The third kappa shape index (κ3) is 6.30. The minimum Gasteiger partial charge on any atom is -0.325 e. The Balaban J connectivity index is 1.42. The van der Waals surface area contributed by atoms with Gasteiger partial charge in [-0.2, -0.15) is 5.10 Å². The molecule has 8 nitrogen and oxygen atoms in total. The predicted molar refractivity (Wildman–Crippen MR) is 140 cm³/mol. The maximum atomic E-state index is 12.4. The topological polar surface area (TPSA) is 108 Å². The van der Waals surface area contributed by atoms with E-state index in [1.807, 2.05) is 81.6 Å².